The molecule has 1 fully saturated rings. The van der Waals surface area contributed by atoms with E-state index in [1.165, 1.54) is 6.07 Å². The summed E-state index contributed by atoms with van der Waals surface area (Å²) < 4.78 is 0. The molecule has 1 saturated carbocycles. The number of H-pyrrole nitrogens is 1. The van der Waals surface area contributed by atoms with Crippen LogP contribution < -0.4 is 10.9 Å². The summed E-state index contributed by atoms with van der Waals surface area (Å²) in [6.07, 6.45) is 0.977. The normalized spacial score (nSPS) is 20.1. The van der Waals surface area contributed by atoms with E-state index >= 15 is 0 Å². The Labute approximate surface area is 122 Å². The van der Waals surface area contributed by atoms with Gasteiger partial charge in [0.05, 0.1) is 5.69 Å². The first kappa shape index (κ1) is 13.5. The van der Waals surface area contributed by atoms with E-state index in [4.69, 9.17) is 0 Å². The molecule has 0 unspecified atom stereocenters. The number of anilines is 1. The van der Waals surface area contributed by atoms with E-state index in [1.807, 2.05) is 31.2 Å². The maximum absolute atomic E-state index is 11.9. The van der Waals surface area contributed by atoms with Crippen molar-refractivity contribution in [3.63, 3.8) is 0 Å². The summed E-state index contributed by atoms with van der Waals surface area (Å²) in [5.74, 6) is 0.749. The lowest BCUT2D eigenvalue weighted by molar-refractivity contribution is -0.117. The fourth-order valence-electron chi connectivity index (χ4n) is 2.42. The van der Waals surface area contributed by atoms with Gasteiger partial charge in [0, 0.05) is 23.2 Å². The van der Waals surface area contributed by atoms with E-state index < -0.39 is 0 Å². The Morgan fingerprint density at radius 2 is 2.00 bits per heavy atom. The summed E-state index contributed by atoms with van der Waals surface area (Å²) in [5, 5.41) is 9.42. The Bertz CT molecular complexity index is 734. The van der Waals surface area contributed by atoms with Gasteiger partial charge in [0.15, 0.2) is 0 Å². The lowest BCUT2D eigenvalue weighted by Gasteiger charge is -2.07. The number of hydrogen-bond acceptors (Lipinski definition) is 3. The van der Waals surface area contributed by atoms with E-state index in [-0.39, 0.29) is 17.4 Å². The number of rotatable bonds is 3. The zero-order valence-electron chi connectivity index (χ0n) is 12.0. The molecule has 1 aliphatic carbocycles. The predicted molar refractivity (Wildman–Crippen MR) is 80.9 cm³/mol. The number of carbonyl (C=O) groups excluding carboxylic acids is 1. The van der Waals surface area contributed by atoms with Gasteiger partial charge in [-0.2, -0.15) is 5.10 Å². The van der Waals surface area contributed by atoms with E-state index in [9.17, 15) is 9.59 Å². The van der Waals surface area contributed by atoms with Gasteiger partial charge in [-0.3, -0.25) is 9.59 Å². The van der Waals surface area contributed by atoms with Gasteiger partial charge in [-0.15, -0.1) is 0 Å². The molecule has 1 amide bonds. The van der Waals surface area contributed by atoms with Crippen LogP contribution in [0.15, 0.2) is 35.1 Å². The maximum atomic E-state index is 11.9. The van der Waals surface area contributed by atoms with Gasteiger partial charge in [0.2, 0.25) is 5.91 Å². The molecule has 0 saturated heterocycles. The molecule has 2 N–H and O–H groups in total. The Kier molecular flexibility index (Phi) is 3.33. The monoisotopic (exact) mass is 283 g/mol. The van der Waals surface area contributed by atoms with Gasteiger partial charge in [-0.1, -0.05) is 19.1 Å². The molecular formula is C16H17N3O2. The zero-order valence-corrected chi connectivity index (χ0v) is 12.0. The van der Waals surface area contributed by atoms with Gasteiger partial charge in [0.25, 0.3) is 5.56 Å². The maximum Gasteiger partial charge on any atom is 0.264 e. The van der Waals surface area contributed by atoms with Crippen molar-refractivity contribution in [2.24, 2.45) is 11.8 Å². The fourth-order valence-corrected chi connectivity index (χ4v) is 2.42. The fraction of sp³-hybridized carbons (Fsp3) is 0.312. The van der Waals surface area contributed by atoms with Gasteiger partial charge in [0.1, 0.15) is 0 Å². The molecule has 5 heteroatoms. The van der Waals surface area contributed by atoms with E-state index in [0.29, 0.717) is 5.92 Å². The number of amides is 1. The Morgan fingerprint density at radius 1 is 1.33 bits per heavy atom. The average Bonchev–Trinajstić information content (AvgIpc) is 3.17. The highest BCUT2D eigenvalue weighted by Crippen LogP contribution is 2.38. The van der Waals surface area contributed by atoms with Gasteiger partial charge >= 0.3 is 0 Å². The van der Waals surface area contributed by atoms with Crippen molar-refractivity contribution in [3.8, 4) is 11.3 Å². The first-order valence-electron chi connectivity index (χ1n) is 7.02. The lowest BCUT2D eigenvalue weighted by Crippen LogP contribution is -2.14. The van der Waals surface area contributed by atoms with Crippen LogP contribution in [0.4, 0.5) is 5.69 Å². The van der Waals surface area contributed by atoms with Crippen LogP contribution in [-0.2, 0) is 4.79 Å². The number of aromatic amines is 1. The molecule has 2 atom stereocenters. The molecule has 1 aromatic heterocycles. The lowest BCUT2D eigenvalue weighted by atomic mass is 10.1. The molecule has 0 aliphatic heterocycles. The Balaban J connectivity index is 1.77. The van der Waals surface area contributed by atoms with Crippen molar-refractivity contribution in [2.75, 3.05) is 5.32 Å². The van der Waals surface area contributed by atoms with Crippen LogP contribution in [0.1, 0.15) is 18.9 Å². The second kappa shape index (κ2) is 5.16. The molecule has 2 aromatic rings. The van der Waals surface area contributed by atoms with E-state index in [2.05, 4.69) is 22.4 Å². The SMILES string of the molecule is Cc1cc(=O)[nH]nc1-c1ccc(NC(=O)[C@@H]2C[C@H]2C)cc1. The average molecular weight is 283 g/mol. The number of nitrogens with zero attached hydrogens (tertiary/aromatic N) is 1. The Morgan fingerprint density at radius 3 is 2.57 bits per heavy atom. The molecule has 0 radical (unpaired) electrons. The summed E-state index contributed by atoms with van der Waals surface area (Å²) in [6, 6.07) is 9.00. The van der Waals surface area contributed by atoms with E-state index in [1.54, 1.807) is 0 Å². The van der Waals surface area contributed by atoms with Crippen LogP contribution in [0.5, 0.6) is 0 Å². The van der Waals surface area contributed by atoms with Crippen LogP contribution in [-0.4, -0.2) is 16.1 Å². The van der Waals surface area contributed by atoms with Crippen LogP contribution in [0, 0.1) is 18.8 Å². The van der Waals surface area contributed by atoms with E-state index in [0.717, 1.165) is 28.9 Å². The number of carbonyl (C=O) groups is 1. The van der Waals surface area contributed by atoms with Gasteiger partial charge < -0.3 is 5.32 Å². The number of nitrogens with one attached hydrogen (secondary N) is 2. The van der Waals surface area contributed by atoms with Crippen LogP contribution in [0.25, 0.3) is 11.3 Å². The first-order chi connectivity index (χ1) is 10.0. The summed E-state index contributed by atoms with van der Waals surface area (Å²) in [7, 11) is 0. The smallest absolute Gasteiger partial charge is 0.264 e. The first-order valence-corrected chi connectivity index (χ1v) is 7.02. The van der Waals surface area contributed by atoms with Crippen LogP contribution >= 0.6 is 0 Å². The number of aromatic nitrogens is 2. The van der Waals surface area contributed by atoms with Crippen molar-refractivity contribution in [2.45, 2.75) is 20.3 Å². The minimum absolute atomic E-state index is 0.0913. The van der Waals surface area contributed by atoms with Crippen molar-refractivity contribution >= 4 is 11.6 Å². The number of aryl methyl sites for hydroxylation is 1. The third-order valence-corrected chi connectivity index (χ3v) is 3.87. The molecule has 108 valence electrons. The standard InChI is InChI=1S/C16H17N3O2/c1-9-7-13(9)16(21)17-12-5-3-11(4-6-12)15-10(2)8-14(20)18-19-15/h3-6,8-9,13H,7H2,1-2H3,(H,17,21)(H,18,20)/t9-,13-/m1/s1. The van der Waals surface area contributed by atoms with Crippen LogP contribution in [0.3, 0.4) is 0 Å². The highest BCUT2D eigenvalue weighted by molar-refractivity contribution is 5.94. The molecular weight excluding hydrogens is 266 g/mol. The highest BCUT2D eigenvalue weighted by Gasteiger charge is 2.38. The summed E-state index contributed by atoms with van der Waals surface area (Å²) in [5.41, 5.74) is 3.04. The quantitative estimate of drug-likeness (QED) is 0.908. The molecule has 5 nitrogen and oxygen atoms in total. The molecule has 0 bridgehead atoms. The summed E-state index contributed by atoms with van der Waals surface area (Å²) >= 11 is 0. The van der Waals surface area contributed by atoms with Crippen molar-refractivity contribution in [1.82, 2.24) is 10.2 Å². The minimum Gasteiger partial charge on any atom is -0.326 e. The highest BCUT2D eigenvalue weighted by atomic mass is 16.2. The summed E-state index contributed by atoms with van der Waals surface area (Å²) in [4.78, 5) is 23.0. The Hall–Kier alpha value is -2.43. The second-order valence-corrected chi connectivity index (χ2v) is 5.65. The van der Waals surface area contributed by atoms with Crippen LogP contribution in [0.2, 0.25) is 0 Å². The molecule has 1 aliphatic rings. The summed E-state index contributed by atoms with van der Waals surface area (Å²) in [6.45, 7) is 3.93. The molecule has 0 spiro atoms. The molecule has 1 aromatic carbocycles. The number of hydrogen-bond donors (Lipinski definition) is 2. The predicted octanol–water partition coefficient (Wildman–Crippen LogP) is 2.34. The molecule has 3 rings (SSSR count). The van der Waals surface area contributed by atoms with Crippen molar-refractivity contribution < 1.29 is 4.79 Å². The molecule has 1 heterocycles. The largest absolute Gasteiger partial charge is 0.326 e. The second-order valence-electron chi connectivity index (χ2n) is 5.65. The molecule has 21 heavy (non-hydrogen) atoms. The third kappa shape index (κ3) is 2.86. The zero-order chi connectivity index (χ0) is 15.0. The van der Waals surface area contributed by atoms with Crippen molar-refractivity contribution in [1.29, 1.82) is 0 Å². The van der Waals surface area contributed by atoms with Crippen molar-refractivity contribution in [3.05, 3.63) is 46.2 Å². The van der Waals surface area contributed by atoms with Gasteiger partial charge in [-0.25, -0.2) is 5.10 Å². The minimum atomic E-state index is -0.210. The number of benzene rings is 1. The third-order valence-electron chi connectivity index (χ3n) is 3.87. The topological polar surface area (TPSA) is 74.8 Å². The van der Waals surface area contributed by atoms with Gasteiger partial charge in [-0.05, 0) is 37.0 Å².